The third kappa shape index (κ3) is 3.93. The smallest absolute Gasteiger partial charge is 0.0720 e. The predicted octanol–water partition coefficient (Wildman–Crippen LogP) is 4.88. The number of nitrogens with one attached hydrogen (secondary N) is 1. The Labute approximate surface area is 127 Å². The summed E-state index contributed by atoms with van der Waals surface area (Å²) < 4.78 is 0. The molecular weight excluding hydrogens is 303 g/mol. The first-order chi connectivity index (χ1) is 9.06. The standard InChI is InChI=1S/C14H13Cl3N2/c15-10-3-1-9(2-4-10)5-6-19-14-12(16)7-11(18)8-13(14)17/h1-4,7-8,19H,5-6,18H2. The topological polar surface area (TPSA) is 38.0 Å². The summed E-state index contributed by atoms with van der Waals surface area (Å²) in [4.78, 5) is 0. The molecule has 0 aliphatic carbocycles. The average Bonchev–Trinajstić information content (AvgIpc) is 2.34. The van der Waals surface area contributed by atoms with Crippen LogP contribution in [0.1, 0.15) is 5.56 Å². The van der Waals surface area contributed by atoms with Gasteiger partial charge in [0.15, 0.2) is 0 Å². The molecule has 0 atom stereocenters. The number of anilines is 2. The van der Waals surface area contributed by atoms with E-state index in [4.69, 9.17) is 40.5 Å². The van der Waals surface area contributed by atoms with Gasteiger partial charge in [-0.05, 0) is 36.2 Å². The van der Waals surface area contributed by atoms with Gasteiger partial charge in [0.05, 0.1) is 15.7 Å². The van der Waals surface area contributed by atoms with Gasteiger partial charge in [-0.2, -0.15) is 0 Å². The van der Waals surface area contributed by atoms with Gasteiger partial charge in [0.25, 0.3) is 0 Å². The summed E-state index contributed by atoms with van der Waals surface area (Å²) in [7, 11) is 0. The van der Waals surface area contributed by atoms with Crippen molar-refractivity contribution in [2.45, 2.75) is 6.42 Å². The van der Waals surface area contributed by atoms with Gasteiger partial charge in [0.2, 0.25) is 0 Å². The van der Waals surface area contributed by atoms with Crippen molar-refractivity contribution in [2.75, 3.05) is 17.6 Å². The van der Waals surface area contributed by atoms with Gasteiger partial charge in [-0.25, -0.2) is 0 Å². The molecule has 0 heterocycles. The number of rotatable bonds is 4. The lowest BCUT2D eigenvalue weighted by atomic mass is 10.1. The highest BCUT2D eigenvalue weighted by Crippen LogP contribution is 2.32. The van der Waals surface area contributed by atoms with Crippen LogP contribution in [0.4, 0.5) is 11.4 Å². The molecule has 0 radical (unpaired) electrons. The molecule has 0 aromatic heterocycles. The van der Waals surface area contributed by atoms with E-state index in [-0.39, 0.29) is 0 Å². The number of hydrogen-bond acceptors (Lipinski definition) is 2. The van der Waals surface area contributed by atoms with Gasteiger partial charge in [-0.15, -0.1) is 0 Å². The van der Waals surface area contributed by atoms with E-state index >= 15 is 0 Å². The molecule has 2 rings (SSSR count). The van der Waals surface area contributed by atoms with E-state index < -0.39 is 0 Å². The Bertz CT molecular complexity index is 544. The average molecular weight is 316 g/mol. The largest absolute Gasteiger partial charge is 0.399 e. The number of nitrogen functional groups attached to an aromatic ring is 1. The van der Waals surface area contributed by atoms with Gasteiger partial charge in [-0.1, -0.05) is 46.9 Å². The third-order valence-corrected chi connectivity index (χ3v) is 3.54. The zero-order chi connectivity index (χ0) is 13.8. The van der Waals surface area contributed by atoms with E-state index in [0.29, 0.717) is 21.4 Å². The Balaban J connectivity index is 1.98. The van der Waals surface area contributed by atoms with E-state index in [9.17, 15) is 0 Å². The first-order valence-electron chi connectivity index (χ1n) is 5.79. The molecule has 5 heteroatoms. The second kappa shape index (κ2) is 6.38. The summed E-state index contributed by atoms with van der Waals surface area (Å²) >= 11 is 18.0. The predicted molar refractivity (Wildman–Crippen MR) is 84.5 cm³/mol. The van der Waals surface area contributed by atoms with Gasteiger partial charge >= 0.3 is 0 Å². The molecule has 2 aromatic carbocycles. The van der Waals surface area contributed by atoms with Crippen molar-refractivity contribution in [2.24, 2.45) is 0 Å². The summed E-state index contributed by atoms with van der Waals surface area (Å²) in [5.74, 6) is 0. The van der Waals surface area contributed by atoms with Crippen LogP contribution in [0.3, 0.4) is 0 Å². The number of benzene rings is 2. The van der Waals surface area contributed by atoms with Crippen LogP contribution in [0.25, 0.3) is 0 Å². The van der Waals surface area contributed by atoms with Crippen molar-refractivity contribution in [3.63, 3.8) is 0 Å². The molecule has 0 saturated heterocycles. The molecule has 2 nitrogen and oxygen atoms in total. The lowest BCUT2D eigenvalue weighted by Gasteiger charge is -2.11. The van der Waals surface area contributed by atoms with E-state index in [2.05, 4.69) is 5.32 Å². The van der Waals surface area contributed by atoms with Gasteiger partial charge in [-0.3, -0.25) is 0 Å². The monoisotopic (exact) mass is 314 g/mol. The minimum atomic E-state index is 0.529. The fourth-order valence-electron chi connectivity index (χ4n) is 1.74. The van der Waals surface area contributed by atoms with Crippen LogP contribution in [-0.4, -0.2) is 6.54 Å². The highest BCUT2D eigenvalue weighted by Gasteiger charge is 2.06. The lowest BCUT2D eigenvalue weighted by molar-refractivity contribution is 1.02. The minimum Gasteiger partial charge on any atom is -0.399 e. The highest BCUT2D eigenvalue weighted by molar-refractivity contribution is 6.39. The van der Waals surface area contributed by atoms with Crippen LogP contribution in [-0.2, 0) is 6.42 Å². The Morgan fingerprint density at radius 3 is 2.11 bits per heavy atom. The molecule has 0 bridgehead atoms. The normalized spacial score (nSPS) is 10.5. The fourth-order valence-corrected chi connectivity index (χ4v) is 2.51. The van der Waals surface area contributed by atoms with E-state index in [1.807, 2.05) is 24.3 Å². The Morgan fingerprint density at radius 2 is 1.53 bits per heavy atom. The van der Waals surface area contributed by atoms with Crippen molar-refractivity contribution in [1.82, 2.24) is 0 Å². The summed E-state index contributed by atoms with van der Waals surface area (Å²) in [6.07, 6.45) is 0.855. The van der Waals surface area contributed by atoms with Crippen LogP contribution in [0.15, 0.2) is 36.4 Å². The van der Waals surface area contributed by atoms with E-state index in [1.54, 1.807) is 12.1 Å². The number of nitrogens with two attached hydrogens (primary N) is 1. The molecular formula is C14H13Cl3N2. The molecule has 0 aliphatic heterocycles. The first kappa shape index (κ1) is 14.3. The van der Waals surface area contributed by atoms with E-state index in [1.165, 1.54) is 5.56 Å². The first-order valence-corrected chi connectivity index (χ1v) is 6.92. The molecule has 3 N–H and O–H groups in total. The van der Waals surface area contributed by atoms with Crippen LogP contribution < -0.4 is 11.1 Å². The quantitative estimate of drug-likeness (QED) is 0.789. The molecule has 0 spiro atoms. The molecule has 0 aliphatic rings. The second-order valence-corrected chi connectivity index (χ2v) is 5.41. The number of halogens is 3. The van der Waals surface area contributed by atoms with Gasteiger partial charge in [0, 0.05) is 17.3 Å². The maximum atomic E-state index is 6.09. The van der Waals surface area contributed by atoms with E-state index in [0.717, 1.165) is 18.0 Å². The molecule has 100 valence electrons. The molecule has 0 amide bonds. The molecule has 2 aromatic rings. The van der Waals surface area contributed by atoms with Crippen molar-refractivity contribution >= 4 is 46.2 Å². The van der Waals surface area contributed by atoms with Gasteiger partial charge in [0.1, 0.15) is 0 Å². The minimum absolute atomic E-state index is 0.529. The molecule has 0 fully saturated rings. The van der Waals surface area contributed by atoms with Gasteiger partial charge < -0.3 is 11.1 Å². The fraction of sp³-hybridized carbons (Fsp3) is 0.143. The Morgan fingerprint density at radius 1 is 0.947 bits per heavy atom. The summed E-state index contributed by atoms with van der Waals surface area (Å²) in [5, 5.41) is 5.01. The second-order valence-electron chi connectivity index (χ2n) is 4.16. The van der Waals surface area contributed by atoms with Crippen molar-refractivity contribution in [3.8, 4) is 0 Å². The highest BCUT2D eigenvalue weighted by atomic mass is 35.5. The Kier molecular flexibility index (Phi) is 4.81. The third-order valence-electron chi connectivity index (χ3n) is 2.69. The van der Waals surface area contributed by atoms with Crippen LogP contribution in [0, 0.1) is 0 Å². The summed E-state index contributed by atoms with van der Waals surface area (Å²) in [6.45, 7) is 0.727. The summed E-state index contributed by atoms with van der Waals surface area (Å²) in [6, 6.07) is 11.1. The van der Waals surface area contributed by atoms with Crippen LogP contribution >= 0.6 is 34.8 Å². The maximum Gasteiger partial charge on any atom is 0.0720 e. The Hall–Kier alpha value is -1.09. The SMILES string of the molecule is Nc1cc(Cl)c(NCCc2ccc(Cl)cc2)c(Cl)c1. The van der Waals surface area contributed by atoms with Crippen LogP contribution in [0.2, 0.25) is 15.1 Å². The van der Waals surface area contributed by atoms with Crippen molar-refractivity contribution < 1.29 is 0 Å². The molecule has 19 heavy (non-hydrogen) atoms. The summed E-state index contributed by atoms with van der Waals surface area (Å²) in [5.41, 5.74) is 8.12. The lowest BCUT2D eigenvalue weighted by Crippen LogP contribution is -2.06. The molecule has 0 unspecified atom stereocenters. The van der Waals surface area contributed by atoms with Crippen molar-refractivity contribution in [3.05, 3.63) is 57.0 Å². The number of hydrogen-bond donors (Lipinski definition) is 2. The molecule has 0 saturated carbocycles. The van der Waals surface area contributed by atoms with Crippen LogP contribution in [0.5, 0.6) is 0 Å². The maximum absolute atomic E-state index is 6.09. The van der Waals surface area contributed by atoms with Crippen molar-refractivity contribution in [1.29, 1.82) is 0 Å². The zero-order valence-electron chi connectivity index (χ0n) is 10.1. The zero-order valence-corrected chi connectivity index (χ0v) is 12.4.